The number of benzene rings is 2. The van der Waals surface area contributed by atoms with Gasteiger partial charge in [0.15, 0.2) is 0 Å². The minimum absolute atomic E-state index is 0.149. The average molecular weight is 515 g/mol. The fourth-order valence-electron chi connectivity index (χ4n) is 5.06. The van der Waals surface area contributed by atoms with Gasteiger partial charge < -0.3 is 15.7 Å². The molecule has 0 unspecified atom stereocenters. The number of carboxylic acids is 1. The van der Waals surface area contributed by atoms with Crippen molar-refractivity contribution in [1.82, 2.24) is 10.6 Å². The topological polar surface area (TPSA) is 78.4 Å². The van der Waals surface area contributed by atoms with Crippen molar-refractivity contribution in [2.75, 3.05) is 12.0 Å². The summed E-state index contributed by atoms with van der Waals surface area (Å²) in [4.78, 5) is 24.9. The van der Waals surface area contributed by atoms with Crippen molar-refractivity contribution in [2.45, 2.75) is 77.4 Å². The second-order valence-corrected chi connectivity index (χ2v) is 11.0. The van der Waals surface area contributed by atoms with Gasteiger partial charge in [-0.15, -0.1) is 0 Å². The first-order valence-electron chi connectivity index (χ1n) is 12.9. The number of hydrogen-bond acceptors (Lipinski definition) is 4. The van der Waals surface area contributed by atoms with Crippen molar-refractivity contribution in [1.29, 1.82) is 0 Å². The molecule has 1 aliphatic rings. The molecule has 3 rings (SSSR count). The van der Waals surface area contributed by atoms with Crippen LogP contribution in [0.5, 0.6) is 0 Å². The smallest absolute Gasteiger partial charge is 0.326 e. The Morgan fingerprint density at radius 2 is 1.86 bits per heavy atom. The summed E-state index contributed by atoms with van der Waals surface area (Å²) < 4.78 is 15.3. The first kappa shape index (κ1) is 28.2. The van der Waals surface area contributed by atoms with Gasteiger partial charge in [-0.25, -0.2) is 9.18 Å². The third kappa shape index (κ3) is 7.81. The van der Waals surface area contributed by atoms with E-state index in [2.05, 4.69) is 17.6 Å². The first-order chi connectivity index (χ1) is 17.3. The monoisotopic (exact) mass is 514 g/mol. The Morgan fingerprint density at radius 3 is 2.53 bits per heavy atom. The summed E-state index contributed by atoms with van der Waals surface area (Å²) in [6, 6.07) is 9.90. The Hall–Kier alpha value is -2.38. The molecule has 0 aliphatic heterocycles. The maximum absolute atomic E-state index is 15.3. The molecular formula is C29H39FN2O3S. The second kappa shape index (κ2) is 13.8. The first-order valence-corrected chi connectivity index (χ1v) is 14.3. The molecule has 36 heavy (non-hydrogen) atoms. The minimum Gasteiger partial charge on any atom is -0.480 e. The lowest BCUT2D eigenvalue weighted by Crippen LogP contribution is -2.41. The number of carbonyl (C=O) groups excluding carboxylic acids is 1. The Bertz CT molecular complexity index is 1040. The van der Waals surface area contributed by atoms with E-state index in [-0.39, 0.29) is 11.6 Å². The maximum atomic E-state index is 15.3. The number of nitrogens with one attached hydrogen (secondary N) is 2. The van der Waals surface area contributed by atoms with Crippen LogP contribution >= 0.6 is 11.8 Å². The van der Waals surface area contributed by atoms with E-state index in [9.17, 15) is 14.7 Å². The van der Waals surface area contributed by atoms with Gasteiger partial charge in [0.25, 0.3) is 5.91 Å². The van der Waals surface area contributed by atoms with Crippen LogP contribution in [0.4, 0.5) is 4.39 Å². The highest BCUT2D eigenvalue weighted by Crippen LogP contribution is 2.30. The van der Waals surface area contributed by atoms with E-state index in [1.54, 1.807) is 6.07 Å². The lowest BCUT2D eigenvalue weighted by molar-refractivity contribution is -0.139. The van der Waals surface area contributed by atoms with Crippen molar-refractivity contribution >= 4 is 23.6 Å². The molecule has 3 N–H and O–H groups in total. The summed E-state index contributed by atoms with van der Waals surface area (Å²) in [6.45, 7) is 4.46. The van der Waals surface area contributed by atoms with Gasteiger partial charge in [0.05, 0.1) is 5.56 Å². The number of aryl methyl sites for hydroxylation is 1. The second-order valence-electron chi connectivity index (χ2n) is 9.97. The highest BCUT2D eigenvalue weighted by atomic mass is 32.2. The van der Waals surface area contributed by atoms with Gasteiger partial charge in [-0.05, 0) is 73.4 Å². The summed E-state index contributed by atoms with van der Waals surface area (Å²) in [6.07, 6.45) is 9.74. The van der Waals surface area contributed by atoms with Crippen LogP contribution in [0.1, 0.15) is 73.4 Å². The zero-order valence-corrected chi connectivity index (χ0v) is 22.4. The zero-order valence-electron chi connectivity index (χ0n) is 21.6. The molecular weight excluding hydrogens is 475 g/mol. The van der Waals surface area contributed by atoms with Gasteiger partial charge >= 0.3 is 5.97 Å². The molecule has 1 saturated carbocycles. The third-order valence-electron chi connectivity index (χ3n) is 7.13. The van der Waals surface area contributed by atoms with E-state index in [1.807, 2.05) is 37.4 Å². The fourth-order valence-corrected chi connectivity index (χ4v) is 5.53. The number of halogens is 1. The molecule has 1 amide bonds. The van der Waals surface area contributed by atoms with Crippen LogP contribution in [0.2, 0.25) is 0 Å². The summed E-state index contributed by atoms with van der Waals surface area (Å²) in [5, 5.41) is 15.6. The number of amides is 1. The van der Waals surface area contributed by atoms with Crippen molar-refractivity contribution in [2.24, 2.45) is 5.92 Å². The quantitative estimate of drug-likeness (QED) is 0.315. The average Bonchev–Trinajstić information content (AvgIpc) is 2.86. The molecule has 0 radical (unpaired) electrons. The van der Waals surface area contributed by atoms with Crippen LogP contribution in [0, 0.1) is 18.7 Å². The summed E-state index contributed by atoms with van der Waals surface area (Å²) in [5.74, 6) is -0.812. The molecule has 0 bridgehead atoms. The zero-order chi connectivity index (χ0) is 26.1. The fraction of sp³-hybridized carbons (Fsp3) is 0.517. The van der Waals surface area contributed by atoms with Crippen molar-refractivity contribution in [3.63, 3.8) is 0 Å². The van der Waals surface area contributed by atoms with Crippen LogP contribution in [-0.4, -0.2) is 41.1 Å². The largest absolute Gasteiger partial charge is 0.480 e. The van der Waals surface area contributed by atoms with Crippen LogP contribution in [-0.2, 0) is 11.3 Å². The number of hydrogen-bond donors (Lipinski definition) is 3. The van der Waals surface area contributed by atoms with Crippen LogP contribution in [0.15, 0.2) is 36.4 Å². The molecule has 2 aromatic carbocycles. The molecule has 196 valence electrons. The number of thioether (sulfide) groups is 1. The van der Waals surface area contributed by atoms with E-state index in [0.717, 1.165) is 23.5 Å². The SMILES string of the molecule is CSCC[C@H](NC(=O)c1cc(F)c(CN[C@H](C)CC2CCCCC2)cc1-c1ccccc1C)C(=O)O. The van der Waals surface area contributed by atoms with Gasteiger partial charge in [-0.2, -0.15) is 11.8 Å². The number of aliphatic carboxylic acids is 1. The minimum atomic E-state index is -1.09. The normalized spacial score (nSPS) is 15.9. The highest BCUT2D eigenvalue weighted by molar-refractivity contribution is 7.98. The molecule has 7 heteroatoms. The van der Waals surface area contributed by atoms with Gasteiger partial charge in [0, 0.05) is 18.2 Å². The van der Waals surface area contributed by atoms with Crippen molar-refractivity contribution in [3.05, 3.63) is 58.9 Å². The van der Waals surface area contributed by atoms with Gasteiger partial charge in [-0.1, -0.05) is 56.4 Å². The Kier molecular flexibility index (Phi) is 10.8. The van der Waals surface area contributed by atoms with Crippen LogP contribution in [0.3, 0.4) is 0 Å². The van der Waals surface area contributed by atoms with Gasteiger partial charge in [0.1, 0.15) is 11.9 Å². The molecule has 0 spiro atoms. The summed E-state index contributed by atoms with van der Waals surface area (Å²) in [5.41, 5.74) is 3.04. The molecule has 2 aromatic rings. The summed E-state index contributed by atoms with van der Waals surface area (Å²) >= 11 is 1.51. The van der Waals surface area contributed by atoms with E-state index in [0.29, 0.717) is 29.8 Å². The standard InChI is InChI=1S/C29H39FN2O3S/c1-19-9-7-8-12-23(19)24-16-22(18-31-20(2)15-21-10-5-4-6-11-21)26(30)17-25(24)28(33)32-27(29(34)35)13-14-36-3/h7-9,12,16-17,20-21,27,31H,4-6,10-11,13-15,18H2,1-3H3,(H,32,33)(H,34,35)/t20-,27+/m1/s1. The number of rotatable bonds is 12. The molecule has 0 aromatic heterocycles. The maximum Gasteiger partial charge on any atom is 0.326 e. The van der Waals surface area contributed by atoms with Crippen LogP contribution < -0.4 is 10.6 Å². The highest BCUT2D eigenvalue weighted by Gasteiger charge is 2.24. The Morgan fingerprint density at radius 1 is 1.14 bits per heavy atom. The van der Waals surface area contributed by atoms with Crippen molar-refractivity contribution < 1.29 is 19.1 Å². The van der Waals surface area contributed by atoms with E-state index < -0.39 is 23.7 Å². The molecule has 5 nitrogen and oxygen atoms in total. The molecule has 0 saturated heterocycles. The predicted molar refractivity (Wildman–Crippen MR) is 146 cm³/mol. The molecule has 1 aliphatic carbocycles. The number of carbonyl (C=O) groups is 2. The predicted octanol–water partition coefficient (Wildman–Crippen LogP) is 6.19. The van der Waals surface area contributed by atoms with Crippen molar-refractivity contribution in [3.8, 4) is 11.1 Å². The molecule has 0 heterocycles. The lowest BCUT2D eigenvalue weighted by Gasteiger charge is -2.25. The van der Waals surface area contributed by atoms with Crippen LogP contribution in [0.25, 0.3) is 11.1 Å². The van der Waals surface area contributed by atoms with E-state index >= 15 is 4.39 Å². The molecule has 1 fully saturated rings. The third-order valence-corrected chi connectivity index (χ3v) is 7.78. The summed E-state index contributed by atoms with van der Waals surface area (Å²) in [7, 11) is 0. The molecule has 2 atom stereocenters. The Balaban J connectivity index is 1.85. The Labute approximate surface area is 218 Å². The van der Waals surface area contributed by atoms with Gasteiger partial charge in [0.2, 0.25) is 0 Å². The van der Waals surface area contributed by atoms with E-state index in [4.69, 9.17) is 0 Å². The lowest BCUT2D eigenvalue weighted by atomic mass is 9.85. The number of carboxylic acid groups (broad SMARTS) is 1. The van der Waals surface area contributed by atoms with Gasteiger partial charge in [-0.3, -0.25) is 4.79 Å². The van der Waals surface area contributed by atoms with E-state index in [1.165, 1.54) is 49.9 Å².